The fraction of sp³-hybridized carbons (Fsp3) is 0.250. The van der Waals surface area contributed by atoms with E-state index >= 15 is 0 Å². The number of hydrogen-bond donors (Lipinski definition) is 1. The zero-order valence-corrected chi connectivity index (χ0v) is 17.1. The minimum Gasteiger partial charge on any atom is -0.490 e. The molecule has 1 unspecified atom stereocenters. The van der Waals surface area contributed by atoms with Crippen LogP contribution >= 0.6 is 23.2 Å². The van der Waals surface area contributed by atoms with Crippen molar-refractivity contribution in [3.8, 4) is 11.5 Å². The predicted octanol–water partition coefficient (Wildman–Crippen LogP) is 4.49. The van der Waals surface area contributed by atoms with Crippen LogP contribution in [0.3, 0.4) is 0 Å². The van der Waals surface area contributed by atoms with Gasteiger partial charge in [-0.15, -0.1) is 0 Å². The number of aromatic nitrogens is 3. The van der Waals surface area contributed by atoms with Crippen LogP contribution in [-0.4, -0.2) is 27.3 Å². The van der Waals surface area contributed by atoms with E-state index in [0.717, 1.165) is 11.1 Å². The predicted molar refractivity (Wildman–Crippen MR) is 110 cm³/mol. The van der Waals surface area contributed by atoms with Gasteiger partial charge in [0.1, 0.15) is 12.9 Å². The normalized spacial score (nSPS) is 15.6. The second kappa shape index (κ2) is 8.31. The molecule has 3 aromatic rings. The van der Waals surface area contributed by atoms with Crippen molar-refractivity contribution < 1.29 is 14.3 Å². The Morgan fingerprint density at radius 3 is 2.79 bits per heavy atom. The van der Waals surface area contributed by atoms with Gasteiger partial charge in [0.15, 0.2) is 11.5 Å². The Morgan fingerprint density at radius 1 is 1.14 bits per heavy atom. The highest BCUT2D eigenvalue weighted by molar-refractivity contribution is 6.42. The van der Waals surface area contributed by atoms with Gasteiger partial charge in [-0.2, -0.15) is 10.1 Å². The third-order valence-electron chi connectivity index (χ3n) is 4.53. The van der Waals surface area contributed by atoms with E-state index < -0.39 is 0 Å². The number of hydrogen-bond acceptors (Lipinski definition) is 5. The molecule has 2 heterocycles. The first-order chi connectivity index (χ1) is 14.0. The van der Waals surface area contributed by atoms with Crippen molar-refractivity contribution >= 4 is 35.1 Å². The molecule has 2 aromatic carbocycles. The van der Waals surface area contributed by atoms with Crippen LogP contribution < -0.4 is 14.8 Å². The average molecular weight is 433 g/mol. The summed E-state index contributed by atoms with van der Waals surface area (Å²) in [5.74, 6) is 1.52. The van der Waals surface area contributed by atoms with E-state index in [9.17, 15) is 4.79 Å². The fourth-order valence-electron chi connectivity index (χ4n) is 3.17. The van der Waals surface area contributed by atoms with Gasteiger partial charge < -0.3 is 9.47 Å². The number of carbonyl (C=O) groups is 1. The smallest absolute Gasteiger partial charge is 0.229 e. The van der Waals surface area contributed by atoms with Crippen molar-refractivity contribution in [1.82, 2.24) is 14.8 Å². The molecule has 0 aliphatic carbocycles. The molecule has 0 bridgehead atoms. The van der Waals surface area contributed by atoms with Crippen LogP contribution in [0, 0.1) is 0 Å². The van der Waals surface area contributed by atoms with Gasteiger partial charge in [-0.25, -0.2) is 4.68 Å². The van der Waals surface area contributed by atoms with E-state index in [1.807, 2.05) is 31.2 Å². The van der Waals surface area contributed by atoms with E-state index in [1.54, 1.807) is 16.8 Å². The maximum Gasteiger partial charge on any atom is 0.229 e. The Hall–Kier alpha value is -2.77. The van der Waals surface area contributed by atoms with Crippen LogP contribution in [-0.2, 0) is 11.4 Å². The van der Waals surface area contributed by atoms with Crippen molar-refractivity contribution in [2.75, 3.05) is 11.9 Å². The summed E-state index contributed by atoms with van der Waals surface area (Å²) in [4.78, 5) is 16.1. The molecule has 4 rings (SSSR count). The molecule has 1 N–H and O–H groups in total. The van der Waals surface area contributed by atoms with E-state index in [-0.39, 0.29) is 18.4 Å². The SMILES string of the molecule is CCOc1cc(C2CC(=O)Nc3ncnn32)ccc1OCc1ccc(Cl)c(Cl)c1. The maximum atomic E-state index is 12.0. The average Bonchev–Trinajstić information content (AvgIpc) is 3.17. The minimum atomic E-state index is -0.260. The van der Waals surface area contributed by atoms with Crippen molar-refractivity contribution in [1.29, 1.82) is 0 Å². The van der Waals surface area contributed by atoms with E-state index in [2.05, 4.69) is 15.4 Å². The first kappa shape index (κ1) is 19.5. The van der Waals surface area contributed by atoms with Gasteiger partial charge in [-0.1, -0.05) is 35.3 Å². The van der Waals surface area contributed by atoms with E-state index in [0.29, 0.717) is 40.7 Å². The second-order valence-corrected chi connectivity index (χ2v) is 7.29. The Bertz CT molecular complexity index is 1050. The molecule has 0 saturated heterocycles. The minimum absolute atomic E-state index is 0.103. The highest BCUT2D eigenvalue weighted by Crippen LogP contribution is 2.35. The van der Waals surface area contributed by atoms with Crippen LogP contribution in [0.25, 0.3) is 0 Å². The van der Waals surface area contributed by atoms with Gasteiger partial charge in [-0.3, -0.25) is 10.1 Å². The molecular formula is C20H18Cl2N4O3. The molecule has 150 valence electrons. The summed E-state index contributed by atoms with van der Waals surface area (Å²) in [5.41, 5.74) is 1.78. The zero-order valence-electron chi connectivity index (χ0n) is 15.6. The molecule has 1 aliphatic heterocycles. The Kier molecular flexibility index (Phi) is 5.60. The van der Waals surface area contributed by atoms with Crippen LogP contribution in [0.1, 0.15) is 30.5 Å². The number of nitrogens with one attached hydrogen (secondary N) is 1. The number of fused-ring (bicyclic) bond motifs is 1. The van der Waals surface area contributed by atoms with Crippen LogP contribution in [0.4, 0.5) is 5.95 Å². The molecule has 7 nitrogen and oxygen atoms in total. The van der Waals surface area contributed by atoms with Gasteiger partial charge in [0.05, 0.1) is 29.1 Å². The topological polar surface area (TPSA) is 78.3 Å². The van der Waals surface area contributed by atoms with Gasteiger partial charge in [0.2, 0.25) is 11.9 Å². The molecule has 1 amide bonds. The first-order valence-corrected chi connectivity index (χ1v) is 9.83. The lowest BCUT2D eigenvalue weighted by Gasteiger charge is -2.24. The molecule has 9 heteroatoms. The number of nitrogens with zero attached hydrogens (tertiary/aromatic N) is 3. The molecule has 1 aromatic heterocycles. The Balaban J connectivity index is 1.59. The monoisotopic (exact) mass is 432 g/mol. The lowest BCUT2D eigenvalue weighted by molar-refractivity contribution is -0.117. The number of carbonyl (C=O) groups excluding carboxylic acids is 1. The third-order valence-corrected chi connectivity index (χ3v) is 5.27. The van der Waals surface area contributed by atoms with Crippen LogP contribution in [0.2, 0.25) is 10.0 Å². The first-order valence-electron chi connectivity index (χ1n) is 9.08. The van der Waals surface area contributed by atoms with Gasteiger partial charge in [-0.05, 0) is 42.3 Å². The van der Waals surface area contributed by atoms with Crippen molar-refractivity contribution in [3.05, 3.63) is 63.9 Å². The standard InChI is InChI=1S/C20H18Cl2N4O3/c1-2-28-18-8-13(16-9-19(27)25-20-23-11-24-26(16)20)4-6-17(18)29-10-12-3-5-14(21)15(22)7-12/h3-8,11,16H,2,9-10H2,1H3,(H,23,24,25,27). The third kappa shape index (κ3) is 4.16. The van der Waals surface area contributed by atoms with Crippen LogP contribution in [0.15, 0.2) is 42.7 Å². The number of ether oxygens (including phenoxy) is 2. The number of benzene rings is 2. The number of halogens is 2. The Morgan fingerprint density at radius 2 is 2.00 bits per heavy atom. The molecule has 0 fully saturated rings. The van der Waals surface area contributed by atoms with Gasteiger partial charge in [0, 0.05) is 0 Å². The van der Waals surface area contributed by atoms with Crippen LogP contribution in [0.5, 0.6) is 11.5 Å². The summed E-state index contributed by atoms with van der Waals surface area (Å²) < 4.78 is 13.4. The maximum absolute atomic E-state index is 12.0. The summed E-state index contributed by atoms with van der Waals surface area (Å²) in [5, 5.41) is 7.92. The van der Waals surface area contributed by atoms with Gasteiger partial charge in [0.25, 0.3) is 0 Å². The second-order valence-electron chi connectivity index (χ2n) is 6.47. The highest BCUT2D eigenvalue weighted by Gasteiger charge is 2.28. The summed E-state index contributed by atoms with van der Waals surface area (Å²) in [6, 6.07) is 10.7. The lowest BCUT2D eigenvalue weighted by Crippen LogP contribution is -2.29. The van der Waals surface area contributed by atoms with Crippen molar-refractivity contribution in [2.24, 2.45) is 0 Å². The summed E-state index contributed by atoms with van der Waals surface area (Å²) in [7, 11) is 0. The number of rotatable bonds is 6. The van der Waals surface area contributed by atoms with E-state index in [1.165, 1.54) is 6.33 Å². The largest absolute Gasteiger partial charge is 0.490 e. The molecule has 1 aliphatic rings. The van der Waals surface area contributed by atoms with E-state index in [4.69, 9.17) is 32.7 Å². The lowest BCUT2D eigenvalue weighted by atomic mass is 10.0. The molecule has 1 atom stereocenters. The number of anilines is 1. The molecule has 0 spiro atoms. The fourth-order valence-corrected chi connectivity index (χ4v) is 3.50. The van der Waals surface area contributed by atoms with Gasteiger partial charge >= 0.3 is 0 Å². The summed E-state index contributed by atoms with van der Waals surface area (Å²) in [6.07, 6.45) is 1.69. The van der Waals surface area contributed by atoms with Crippen molar-refractivity contribution in [3.63, 3.8) is 0 Å². The molecule has 29 heavy (non-hydrogen) atoms. The Labute approximate surface area is 177 Å². The number of amides is 1. The quantitative estimate of drug-likeness (QED) is 0.620. The molecule has 0 saturated carbocycles. The molecular weight excluding hydrogens is 415 g/mol. The zero-order chi connectivity index (χ0) is 20.4. The van der Waals surface area contributed by atoms with Crippen molar-refractivity contribution in [2.45, 2.75) is 26.0 Å². The summed E-state index contributed by atoms with van der Waals surface area (Å²) >= 11 is 12.0. The highest BCUT2D eigenvalue weighted by atomic mass is 35.5. The summed E-state index contributed by atoms with van der Waals surface area (Å²) in [6.45, 7) is 2.70. The molecule has 0 radical (unpaired) electrons.